The first kappa shape index (κ1) is 20.2. The van der Waals surface area contributed by atoms with Gasteiger partial charge in [-0.25, -0.2) is 9.78 Å². The summed E-state index contributed by atoms with van der Waals surface area (Å²) >= 11 is 7.13. The molecule has 2 rings (SSSR count). The zero-order valence-electron chi connectivity index (χ0n) is 16.0. The third-order valence-corrected chi connectivity index (χ3v) is 6.57. The number of hydrogen-bond acceptors (Lipinski definition) is 4. The number of imidazole rings is 1. The van der Waals surface area contributed by atoms with E-state index in [0.29, 0.717) is 16.2 Å². The van der Waals surface area contributed by atoms with E-state index in [-0.39, 0.29) is 5.69 Å². The van der Waals surface area contributed by atoms with Gasteiger partial charge < -0.3 is 4.98 Å². The largest absolute Gasteiger partial charge is 0.330 e. The predicted molar refractivity (Wildman–Crippen MR) is 109 cm³/mol. The van der Waals surface area contributed by atoms with Crippen molar-refractivity contribution in [2.45, 2.75) is 58.0 Å². The first-order valence-electron chi connectivity index (χ1n) is 9.17. The minimum absolute atomic E-state index is 0.141. The monoisotopic (exact) mass is 382 g/mol. The molecule has 5 nitrogen and oxygen atoms in total. The summed E-state index contributed by atoms with van der Waals surface area (Å²) < 4.78 is 3.55. The lowest BCUT2D eigenvalue weighted by molar-refractivity contribution is 0.408. The molecule has 0 saturated heterocycles. The molecule has 0 saturated carbocycles. The van der Waals surface area contributed by atoms with Crippen LogP contribution < -0.4 is 5.69 Å². The second-order valence-electron chi connectivity index (χ2n) is 7.00. The first-order chi connectivity index (χ1) is 11.9. The van der Waals surface area contributed by atoms with Gasteiger partial charge in [0.25, 0.3) is 0 Å². The number of thioether (sulfide) groups is 1. The summed E-state index contributed by atoms with van der Waals surface area (Å²) in [7, 11) is 3.44. The molecule has 7 heteroatoms. The van der Waals surface area contributed by atoms with Crippen molar-refractivity contribution in [1.29, 1.82) is 0 Å². The van der Waals surface area contributed by atoms with Gasteiger partial charge in [0.2, 0.25) is 0 Å². The fraction of sp³-hybridized carbons (Fsp3) is 0.722. The summed E-state index contributed by atoms with van der Waals surface area (Å²) in [5.41, 5.74) is 1.27. The van der Waals surface area contributed by atoms with Crippen LogP contribution in [0.2, 0.25) is 0 Å². The normalized spacial score (nSPS) is 14.1. The van der Waals surface area contributed by atoms with E-state index in [1.165, 1.54) is 36.7 Å². The molecule has 140 valence electrons. The predicted octanol–water partition coefficient (Wildman–Crippen LogP) is 4.66. The van der Waals surface area contributed by atoms with Crippen LogP contribution in [-0.4, -0.2) is 24.9 Å². The van der Waals surface area contributed by atoms with Crippen LogP contribution >= 0.6 is 24.0 Å². The zero-order chi connectivity index (χ0) is 18.6. The van der Waals surface area contributed by atoms with Crippen LogP contribution in [0.15, 0.2) is 9.95 Å². The summed E-state index contributed by atoms with van der Waals surface area (Å²) in [4.78, 5) is 20.1. The fourth-order valence-electron chi connectivity index (χ4n) is 3.01. The van der Waals surface area contributed by atoms with Crippen molar-refractivity contribution in [3.8, 4) is 0 Å². The maximum atomic E-state index is 12.1. The second-order valence-corrected chi connectivity index (χ2v) is 8.40. The Labute approximate surface area is 159 Å². The van der Waals surface area contributed by atoms with Crippen LogP contribution in [0.4, 0.5) is 0 Å². The van der Waals surface area contributed by atoms with Crippen molar-refractivity contribution in [3.63, 3.8) is 0 Å². The number of H-pyrrole nitrogens is 1. The van der Waals surface area contributed by atoms with E-state index in [9.17, 15) is 4.79 Å². The summed E-state index contributed by atoms with van der Waals surface area (Å²) in [5, 5.41) is 0.854. The molecule has 2 aromatic heterocycles. The second kappa shape index (κ2) is 9.03. The molecule has 0 bridgehead atoms. The van der Waals surface area contributed by atoms with Crippen LogP contribution in [0, 0.1) is 16.5 Å². The molecular weight excluding hydrogens is 352 g/mol. The first-order valence-corrected chi connectivity index (χ1v) is 10.6. The number of aromatic nitrogens is 4. The van der Waals surface area contributed by atoms with Crippen LogP contribution in [0.1, 0.15) is 52.9 Å². The SMILES string of the molecule is CCCC(CCC(C)CC)CSc1nc2c([nH]1)c(=S)n(C)c(=O)n2C. The van der Waals surface area contributed by atoms with Crippen molar-refractivity contribution in [3.05, 3.63) is 15.1 Å². The molecule has 2 atom stereocenters. The molecule has 1 N–H and O–H groups in total. The number of hydrogen-bond donors (Lipinski definition) is 1. The molecule has 2 unspecified atom stereocenters. The minimum atomic E-state index is -0.141. The minimum Gasteiger partial charge on any atom is -0.329 e. The highest BCUT2D eigenvalue weighted by Gasteiger charge is 2.15. The van der Waals surface area contributed by atoms with Gasteiger partial charge in [0.1, 0.15) is 10.2 Å². The Bertz CT molecular complexity index is 821. The Morgan fingerprint density at radius 1 is 1.20 bits per heavy atom. The molecular formula is C18H30N4OS2. The van der Waals surface area contributed by atoms with Gasteiger partial charge in [0.05, 0.1) is 0 Å². The standard InChI is InChI=1S/C18H30N4OS2/c1-6-8-13(10-9-12(3)7-2)11-25-17-19-14-15(20-17)21(4)18(23)22(5)16(14)24/h12-13H,6-11H2,1-5H3,(H,19,20). The van der Waals surface area contributed by atoms with Gasteiger partial charge in [-0.3, -0.25) is 9.13 Å². The van der Waals surface area contributed by atoms with Gasteiger partial charge in [-0.2, -0.15) is 0 Å². The van der Waals surface area contributed by atoms with E-state index in [4.69, 9.17) is 12.2 Å². The number of aromatic amines is 1. The Morgan fingerprint density at radius 2 is 1.92 bits per heavy atom. The Hall–Kier alpha value is -1.08. The smallest absolute Gasteiger partial charge is 0.329 e. The highest BCUT2D eigenvalue weighted by Crippen LogP contribution is 2.27. The molecule has 2 aromatic rings. The van der Waals surface area contributed by atoms with Gasteiger partial charge in [0.15, 0.2) is 10.8 Å². The van der Waals surface area contributed by atoms with Crippen molar-refractivity contribution in [1.82, 2.24) is 19.1 Å². The summed E-state index contributed by atoms with van der Waals surface area (Å²) in [5.74, 6) is 2.56. The number of nitrogens with zero attached hydrogens (tertiary/aromatic N) is 3. The molecule has 0 aliphatic carbocycles. The third-order valence-electron chi connectivity index (χ3n) is 4.99. The number of nitrogens with one attached hydrogen (secondary N) is 1. The van der Waals surface area contributed by atoms with Crippen LogP contribution in [-0.2, 0) is 14.1 Å². The third kappa shape index (κ3) is 4.76. The van der Waals surface area contributed by atoms with Crippen molar-refractivity contribution in [2.75, 3.05) is 5.75 Å². The Kier molecular flexibility index (Phi) is 7.31. The number of fused-ring (bicyclic) bond motifs is 1. The molecule has 0 spiro atoms. The lowest BCUT2D eigenvalue weighted by atomic mass is 9.94. The maximum absolute atomic E-state index is 12.1. The maximum Gasteiger partial charge on any atom is 0.330 e. The van der Waals surface area contributed by atoms with Crippen molar-refractivity contribution < 1.29 is 0 Å². The Morgan fingerprint density at radius 3 is 2.56 bits per heavy atom. The molecule has 0 fully saturated rings. The van der Waals surface area contributed by atoms with Crippen molar-refractivity contribution in [2.24, 2.45) is 25.9 Å². The summed E-state index contributed by atoms with van der Waals surface area (Å²) in [6.07, 6.45) is 6.29. The molecule has 0 aromatic carbocycles. The molecule has 0 aliphatic rings. The molecule has 0 aliphatic heterocycles. The van der Waals surface area contributed by atoms with E-state index in [0.717, 1.165) is 22.3 Å². The van der Waals surface area contributed by atoms with Gasteiger partial charge in [0, 0.05) is 19.8 Å². The lowest BCUT2D eigenvalue weighted by Crippen LogP contribution is -2.27. The highest BCUT2D eigenvalue weighted by molar-refractivity contribution is 7.99. The van der Waals surface area contributed by atoms with Gasteiger partial charge in [-0.15, -0.1) is 0 Å². The number of rotatable bonds is 9. The average molecular weight is 383 g/mol. The highest BCUT2D eigenvalue weighted by atomic mass is 32.2. The van der Waals surface area contributed by atoms with Crippen LogP contribution in [0.25, 0.3) is 11.2 Å². The van der Waals surface area contributed by atoms with Gasteiger partial charge in [-0.1, -0.05) is 64.0 Å². The zero-order valence-corrected chi connectivity index (χ0v) is 17.6. The number of aryl methyl sites for hydroxylation is 1. The fourth-order valence-corrected chi connectivity index (χ4v) is 4.29. The van der Waals surface area contributed by atoms with E-state index >= 15 is 0 Å². The van der Waals surface area contributed by atoms with E-state index in [1.54, 1.807) is 30.4 Å². The van der Waals surface area contributed by atoms with E-state index in [1.807, 2.05) is 0 Å². The summed E-state index contributed by atoms with van der Waals surface area (Å²) in [6, 6.07) is 0. The lowest BCUT2D eigenvalue weighted by Gasteiger charge is -2.17. The van der Waals surface area contributed by atoms with Crippen LogP contribution in [0.5, 0.6) is 0 Å². The van der Waals surface area contributed by atoms with Gasteiger partial charge >= 0.3 is 5.69 Å². The van der Waals surface area contributed by atoms with Crippen LogP contribution in [0.3, 0.4) is 0 Å². The summed E-state index contributed by atoms with van der Waals surface area (Å²) in [6.45, 7) is 6.85. The van der Waals surface area contributed by atoms with Gasteiger partial charge in [-0.05, 0) is 24.7 Å². The van der Waals surface area contributed by atoms with E-state index < -0.39 is 0 Å². The topological polar surface area (TPSA) is 55.6 Å². The molecule has 2 heterocycles. The Balaban J connectivity index is 2.14. The molecule has 0 amide bonds. The average Bonchev–Trinajstić information content (AvgIpc) is 3.04. The molecule has 0 radical (unpaired) electrons. The van der Waals surface area contributed by atoms with Crippen molar-refractivity contribution >= 4 is 35.1 Å². The molecule has 25 heavy (non-hydrogen) atoms. The van der Waals surface area contributed by atoms with E-state index in [2.05, 4.69) is 30.7 Å². The quantitative estimate of drug-likeness (QED) is 0.506.